The second-order valence-corrected chi connectivity index (χ2v) is 5.32. The fraction of sp³-hybridized carbons (Fsp3) is 0.714. The van der Waals surface area contributed by atoms with Gasteiger partial charge in [-0.3, -0.25) is 0 Å². The van der Waals surface area contributed by atoms with Crippen molar-refractivity contribution in [1.29, 1.82) is 0 Å². The van der Waals surface area contributed by atoms with Gasteiger partial charge < -0.3 is 9.64 Å². The average Bonchev–Trinajstić information content (AvgIpc) is 2.39. The van der Waals surface area contributed by atoms with Gasteiger partial charge in [0.1, 0.15) is 5.82 Å². The lowest BCUT2D eigenvalue weighted by atomic mass is 9.95. The van der Waals surface area contributed by atoms with E-state index < -0.39 is 0 Å². The van der Waals surface area contributed by atoms with Crippen LogP contribution < -0.4 is 4.74 Å². The van der Waals surface area contributed by atoms with E-state index in [4.69, 9.17) is 4.74 Å². The second kappa shape index (κ2) is 5.65. The summed E-state index contributed by atoms with van der Waals surface area (Å²) in [5.41, 5.74) is 1.00. The maximum atomic E-state index is 5.27. The summed E-state index contributed by atoms with van der Waals surface area (Å²) < 4.78 is 5.27. The summed E-state index contributed by atoms with van der Waals surface area (Å²) in [5.74, 6) is 2.14. The minimum absolute atomic E-state index is 0.481. The predicted molar refractivity (Wildman–Crippen MR) is 72.0 cm³/mol. The van der Waals surface area contributed by atoms with Crippen molar-refractivity contribution in [3.05, 3.63) is 17.6 Å². The molecular weight excluding hydrogens is 226 g/mol. The number of rotatable bonds is 3. The summed E-state index contributed by atoms with van der Waals surface area (Å²) in [6, 6.07) is 0.638. The number of methoxy groups -OCH3 is 1. The number of hydrogen-bond acceptors (Lipinski definition) is 4. The highest BCUT2D eigenvalue weighted by atomic mass is 16.5. The standard InChI is InChI=1S/C14H23N3O/c1-10(2)17-7-5-12(6-8-17)13-15-9-11(3)14(16-13)18-4/h9-10,12H,5-8H2,1-4H3. The Hall–Kier alpha value is -1.16. The van der Waals surface area contributed by atoms with Crippen molar-refractivity contribution >= 4 is 0 Å². The van der Waals surface area contributed by atoms with Gasteiger partial charge in [0.15, 0.2) is 0 Å². The Morgan fingerprint density at radius 2 is 2.00 bits per heavy atom. The molecule has 1 aliphatic heterocycles. The smallest absolute Gasteiger partial charge is 0.219 e. The number of nitrogens with zero attached hydrogens (tertiary/aromatic N) is 3. The molecule has 2 heterocycles. The van der Waals surface area contributed by atoms with Crippen LogP contribution in [0.25, 0.3) is 0 Å². The van der Waals surface area contributed by atoms with Crippen LogP contribution in [0.3, 0.4) is 0 Å². The third-order valence-electron chi connectivity index (χ3n) is 3.76. The zero-order valence-electron chi connectivity index (χ0n) is 11.8. The van der Waals surface area contributed by atoms with Crippen LogP contribution in [0.1, 0.15) is 44.0 Å². The normalized spacial score (nSPS) is 18.3. The predicted octanol–water partition coefficient (Wildman–Crippen LogP) is 2.38. The van der Waals surface area contributed by atoms with E-state index in [0.717, 1.165) is 37.3 Å². The van der Waals surface area contributed by atoms with Crippen LogP contribution in [0.2, 0.25) is 0 Å². The van der Waals surface area contributed by atoms with E-state index in [-0.39, 0.29) is 0 Å². The van der Waals surface area contributed by atoms with E-state index >= 15 is 0 Å². The van der Waals surface area contributed by atoms with Crippen LogP contribution in [0.15, 0.2) is 6.20 Å². The Balaban J connectivity index is 2.05. The van der Waals surface area contributed by atoms with Gasteiger partial charge in [0.05, 0.1) is 7.11 Å². The van der Waals surface area contributed by atoms with Gasteiger partial charge in [0.2, 0.25) is 5.88 Å². The van der Waals surface area contributed by atoms with Crippen molar-refractivity contribution < 1.29 is 4.74 Å². The number of aryl methyl sites for hydroxylation is 1. The largest absolute Gasteiger partial charge is 0.481 e. The molecule has 0 spiro atoms. The van der Waals surface area contributed by atoms with Crippen molar-refractivity contribution in [1.82, 2.24) is 14.9 Å². The number of aromatic nitrogens is 2. The molecular formula is C14H23N3O. The molecule has 4 nitrogen and oxygen atoms in total. The summed E-state index contributed by atoms with van der Waals surface area (Å²) in [4.78, 5) is 11.5. The molecule has 1 aromatic rings. The minimum Gasteiger partial charge on any atom is -0.481 e. The van der Waals surface area contributed by atoms with Crippen LogP contribution in [0.4, 0.5) is 0 Å². The van der Waals surface area contributed by atoms with Gasteiger partial charge in [-0.2, -0.15) is 4.98 Å². The summed E-state index contributed by atoms with van der Waals surface area (Å²) in [6.45, 7) is 8.77. The fourth-order valence-electron chi connectivity index (χ4n) is 2.52. The Labute approximate surface area is 109 Å². The van der Waals surface area contributed by atoms with E-state index in [2.05, 4.69) is 28.7 Å². The van der Waals surface area contributed by atoms with E-state index in [1.54, 1.807) is 7.11 Å². The van der Waals surface area contributed by atoms with Crippen molar-refractivity contribution in [2.45, 2.75) is 45.6 Å². The molecule has 18 heavy (non-hydrogen) atoms. The highest BCUT2D eigenvalue weighted by Gasteiger charge is 2.24. The lowest BCUT2D eigenvalue weighted by Gasteiger charge is -2.34. The topological polar surface area (TPSA) is 38.2 Å². The molecule has 0 aliphatic carbocycles. The van der Waals surface area contributed by atoms with Crippen LogP contribution in [-0.2, 0) is 0 Å². The molecule has 100 valence electrons. The Morgan fingerprint density at radius 1 is 1.33 bits per heavy atom. The first kappa shape index (κ1) is 13.3. The average molecular weight is 249 g/mol. The summed E-state index contributed by atoms with van der Waals surface area (Å²) in [7, 11) is 1.67. The van der Waals surface area contributed by atoms with Gasteiger partial charge in [0.25, 0.3) is 0 Å². The van der Waals surface area contributed by atoms with Crippen molar-refractivity contribution in [2.24, 2.45) is 0 Å². The number of likely N-dealkylation sites (tertiary alicyclic amines) is 1. The Bertz CT molecular complexity index is 398. The first-order valence-corrected chi connectivity index (χ1v) is 6.73. The van der Waals surface area contributed by atoms with E-state index in [9.17, 15) is 0 Å². The van der Waals surface area contributed by atoms with Gasteiger partial charge in [0, 0.05) is 23.7 Å². The molecule has 0 aromatic carbocycles. The molecule has 1 fully saturated rings. The maximum absolute atomic E-state index is 5.27. The third kappa shape index (κ3) is 2.80. The minimum atomic E-state index is 0.481. The van der Waals surface area contributed by atoms with Crippen LogP contribution in [0, 0.1) is 6.92 Å². The number of ether oxygens (including phenoxy) is 1. The third-order valence-corrected chi connectivity index (χ3v) is 3.76. The molecule has 0 bridgehead atoms. The molecule has 1 saturated heterocycles. The van der Waals surface area contributed by atoms with Gasteiger partial charge in [-0.15, -0.1) is 0 Å². The first-order chi connectivity index (χ1) is 8.61. The van der Waals surface area contributed by atoms with Gasteiger partial charge in [-0.25, -0.2) is 4.98 Å². The highest BCUT2D eigenvalue weighted by Crippen LogP contribution is 2.27. The lowest BCUT2D eigenvalue weighted by molar-refractivity contribution is 0.169. The van der Waals surface area contributed by atoms with Crippen molar-refractivity contribution in [2.75, 3.05) is 20.2 Å². The van der Waals surface area contributed by atoms with Gasteiger partial charge in [-0.05, 0) is 46.7 Å². The van der Waals surface area contributed by atoms with Crippen LogP contribution >= 0.6 is 0 Å². The zero-order chi connectivity index (χ0) is 13.1. The molecule has 1 aromatic heterocycles. The first-order valence-electron chi connectivity index (χ1n) is 6.73. The van der Waals surface area contributed by atoms with Crippen LogP contribution in [-0.4, -0.2) is 41.1 Å². The Kier molecular flexibility index (Phi) is 4.17. The zero-order valence-corrected chi connectivity index (χ0v) is 11.8. The molecule has 0 saturated carbocycles. The fourth-order valence-corrected chi connectivity index (χ4v) is 2.52. The number of piperidine rings is 1. The molecule has 4 heteroatoms. The maximum Gasteiger partial charge on any atom is 0.219 e. The second-order valence-electron chi connectivity index (χ2n) is 5.32. The summed E-state index contributed by atoms with van der Waals surface area (Å²) in [5, 5.41) is 0. The molecule has 2 rings (SSSR count). The van der Waals surface area contributed by atoms with Gasteiger partial charge in [-0.1, -0.05) is 0 Å². The van der Waals surface area contributed by atoms with Crippen molar-refractivity contribution in [3.8, 4) is 5.88 Å². The molecule has 0 amide bonds. The monoisotopic (exact) mass is 249 g/mol. The quantitative estimate of drug-likeness (QED) is 0.824. The van der Waals surface area contributed by atoms with Crippen LogP contribution in [0.5, 0.6) is 5.88 Å². The van der Waals surface area contributed by atoms with Crippen molar-refractivity contribution in [3.63, 3.8) is 0 Å². The summed E-state index contributed by atoms with van der Waals surface area (Å²) >= 11 is 0. The summed E-state index contributed by atoms with van der Waals surface area (Å²) in [6.07, 6.45) is 4.16. The lowest BCUT2D eigenvalue weighted by Crippen LogP contribution is -2.38. The van der Waals surface area contributed by atoms with E-state index in [0.29, 0.717) is 17.8 Å². The van der Waals surface area contributed by atoms with E-state index in [1.807, 2.05) is 13.1 Å². The number of hydrogen-bond donors (Lipinski definition) is 0. The van der Waals surface area contributed by atoms with Gasteiger partial charge >= 0.3 is 0 Å². The highest BCUT2D eigenvalue weighted by molar-refractivity contribution is 5.22. The molecule has 0 atom stereocenters. The Morgan fingerprint density at radius 3 is 2.56 bits per heavy atom. The molecule has 0 N–H and O–H groups in total. The molecule has 0 radical (unpaired) electrons. The van der Waals surface area contributed by atoms with E-state index in [1.165, 1.54) is 0 Å². The molecule has 1 aliphatic rings. The SMILES string of the molecule is COc1nc(C2CCN(C(C)C)CC2)ncc1C. The molecule has 0 unspecified atom stereocenters.